The fraction of sp³-hybridized carbons (Fsp3) is 0.261. The predicted octanol–water partition coefficient (Wildman–Crippen LogP) is 3.63. The van der Waals surface area contributed by atoms with Crippen molar-refractivity contribution in [3.05, 3.63) is 75.7 Å². The zero-order chi connectivity index (χ0) is 20.7. The summed E-state index contributed by atoms with van der Waals surface area (Å²) in [5.74, 6) is 0.0316. The number of fused-ring (bicyclic) bond motifs is 3. The summed E-state index contributed by atoms with van der Waals surface area (Å²) in [6.07, 6.45) is 1.91. The maximum Gasteiger partial charge on any atom is 0.256 e. The van der Waals surface area contributed by atoms with Crippen LogP contribution >= 0.6 is 12.4 Å². The van der Waals surface area contributed by atoms with Crippen LogP contribution in [-0.2, 0) is 0 Å². The topological polar surface area (TPSA) is 91.3 Å². The lowest BCUT2D eigenvalue weighted by atomic mass is 9.94. The summed E-state index contributed by atoms with van der Waals surface area (Å²) in [6.45, 7) is 3.82. The van der Waals surface area contributed by atoms with Gasteiger partial charge in [0.05, 0.1) is 22.2 Å². The SMILES string of the molecule is Cc1cccc(NC(=O)c2cccc3nn4c(C5CCNCC5)cc(=O)[nH]c4c23)c1.Cl. The number of halogens is 1. The number of H-pyrrole nitrogens is 1. The molecule has 1 aliphatic heterocycles. The van der Waals surface area contributed by atoms with Crippen molar-refractivity contribution in [3.8, 4) is 0 Å². The molecular formula is C23H24ClN5O2. The van der Waals surface area contributed by atoms with Crippen LogP contribution in [0.4, 0.5) is 5.69 Å². The first-order chi connectivity index (χ1) is 14.6. The van der Waals surface area contributed by atoms with Gasteiger partial charge < -0.3 is 15.6 Å². The van der Waals surface area contributed by atoms with Crippen molar-refractivity contribution in [2.45, 2.75) is 25.7 Å². The van der Waals surface area contributed by atoms with Crippen LogP contribution in [0.5, 0.6) is 0 Å². The Bertz CT molecular complexity index is 1320. The molecule has 4 aromatic rings. The Balaban J connectivity index is 0.00000231. The van der Waals surface area contributed by atoms with Gasteiger partial charge in [0.1, 0.15) is 5.65 Å². The third kappa shape index (κ3) is 3.94. The van der Waals surface area contributed by atoms with Gasteiger partial charge in [-0.2, -0.15) is 5.10 Å². The van der Waals surface area contributed by atoms with Crippen LogP contribution in [-0.4, -0.2) is 33.6 Å². The van der Waals surface area contributed by atoms with Crippen LogP contribution in [0.15, 0.2) is 53.3 Å². The number of amides is 1. The number of nitrogens with one attached hydrogen (secondary N) is 3. The molecule has 0 bridgehead atoms. The Morgan fingerprint density at radius 3 is 2.68 bits per heavy atom. The van der Waals surface area contributed by atoms with E-state index in [1.807, 2.05) is 47.8 Å². The molecular weight excluding hydrogens is 414 g/mol. The molecule has 31 heavy (non-hydrogen) atoms. The lowest BCUT2D eigenvalue weighted by Crippen LogP contribution is -2.28. The molecule has 0 atom stereocenters. The molecule has 0 saturated carbocycles. The Morgan fingerprint density at radius 1 is 1.13 bits per heavy atom. The minimum atomic E-state index is -0.228. The Hall–Kier alpha value is -3.16. The molecule has 0 spiro atoms. The van der Waals surface area contributed by atoms with Crippen molar-refractivity contribution in [3.63, 3.8) is 0 Å². The first-order valence-corrected chi connectivity index (χ1v) is 10.2. The highest BCUT2D eigenvalue weighted by Gasteiger charge is 2.22. The number of nitrogens with zero attached hydrogens (tertiary/aromatic N) is 2. The summed E-state index contributed by atoms with van der Waals surface area (Å²) in [4.78, 5) is 28.5. The standard InChI is InChI=1S/C23H23N5O2.ClH/c1-14-4-2-5-16(12-14)25-23(30)17-6-3-7-18-21(17)22-26-20(29)13-19(28(22)27-18)15-8-10-24-11-9-15;/h2-7,12-13,15,24H,8-11H2,1H3,(H,25,30)(H,26,29);1H. The fourth-order valence-electron chi connectivity index (χ4n) is 4.31. The van der Waals surface area contributed by atoms with E-state index in [4.69, 9.17) is 5.10 Å². The second kappa shape index (κ2) is 8.53. The molecule has 1 amide bonds. The smallest absolute Gasteiger partial charge is 0.256 e. The molecule has 3 heterocycles. The molecule has 2 aromatic heterocycles. The molecule has 7 nitrogen and oxygen atoms in total. The average molecular weight is 438 g/mol. The maximum absolute atomic E-state index is 13.1. The monoisotopic (exact) mass is 437 g/mol. The van der Waals surface area contributed by atoms with Crippen LogP contribution in [0.1, 0.15) is 40.4 Å². The minimum absolute atomic E-state index is 0. The summed E-state index contributed by atoms with van der Waals surface area (Å²) in [5, 5.41) is 11.7. The normalized spacial score (nSPS) is 14.5. The maximum atomic E-state index is 13.1. The first kappa shape index (κ1) is 21.1. The van der Waals surface area contributed by atoms with Gasteiger partial charge in [-0.3, -0.25) is 9.59 Å². The third-order valence-electron chi connectivity index (χ3n) is 5.74. The van der Waals surface area contributed by atoms with E-state index >= 15 is 0 Å². The predicted molar refractivity (Wildman–Crippen MR) is 125 cm³/mol. The Morgan fingerprint density at radius 2 is 1.90 bits per heavy atom. The third-order valence-corrected chi connectivity index (χ3v) is 5.74. The number of hydrogen-bond donors (Lipinski definition) is 3. The number of benzene rings is 2. The molecule has 0 aliphatic carbocycles. The number of aromatic nitrogens is 3. The molecule has 1 saturated heterocycles. The highest BCUT2D eigenvalue weighted by atomic mass is 35.5. The molecule has 2 aromatic carbocycles. The fourth-order valence-corrected chi connectivity index (χ4v) is 4.31. The van der Waals surface area contributed by atoms with Gasteiger partial charge in [-0.15, -0.1) is 12.4 Å². The summed E-state index contributed by atoms with van der Waals surface area (Å²) >= 11 is 0. The van der Waals surface area contributed by atoms with Crippen molar-refractivity contribution < 1.29 is 4.79 Å². The number of carbonyl (C=O) groups excluding carboxylic acids is 1. The molecule has 0 unspecified atom stereocenters. The molecule has 5 rings (SSSR count). The van der Waals surface area contributed by atoms with Crippen molar-refractivity contribution in [1.82, 2.24) is 19.9 Å². The van der Waals surface area contributed by atoms with Crippen LogP contribution in [0, 0.1) is 6.92 Å². The van der Waals surface area contributed by atoms with E-state index in [-0.39, 0.29) is 29.8 Å². The van der Waals surface area contributed by atoms with Crippen LogP contribution < -0.4 is 16.2 Å². The quantitative estimate of drug-likeness (QED) is 0.456. The van der Waals surface area contributed by atoms with E-state index in [0.29, 0.717) is 22.1 Å². The number of aryl methyl sites for hydroxylation is 1. The zero-order valence-electron chi connectivity index (χ0n) is 17.1. The van der Waals surface area contributed by atoms with Gasteiger partial charge in [0.2, 0.25) is 0 Å². The number of aromatic amines is 1. The molecule has 160 valence electrons. The van der Waals surface area contributed by atoms with Gasteiger partial charge in [0, 0.05) is 17.7 Å². The van der Waals surface area contributed by atoms with Gasteiger partial charge in [-0.25, -0.2) is 4.52 Å². The molecule has 0 radical (unpaired) electrons. The van der Waals surface area contributed by atoms with Gasteiger partial charge in [0.25, 0.3) is 11.5 Å². The minimum Gasteiger partial charge on any atom is -0.322 e. The first-order valence-electron chi connectivity index (χ1n) is 10.2. The van der Waals surface area contributed by atoms with Crippen LogP contribution in [0.2, 0.25) is 0 Å². The van der Waals surface area contributed by atoms with Crippen molar-refractivity contribution in [2.24, 2.45) is 0 Å². The summed E-state index contributed by atoms with van der Waals surface area (Å²) in [7, 11) is 0. The van der Waals surface area contributed by atoms with Crippen LogP contribution in [0.3, 0.4) is 0 Å². The highest BCUT2D eigenvalue weighted by Crippen LogP contribution is 2.28. The largest absolute Gasteiger partial charge is 0.322 e. The number of hydrogen-bond acceptors (Lipinski definition) is 4. The summed E-state index contributed by atoms with van der Waals surface area (Å²) < 4.78 is 1.81. The van der Waals surface area contributed by atoms with Crippen molar-refractivity contribution in [1.29, 1.82) is 0 Å². The lowest BCUT2D eigenvalue weighted by Gasteiger charge is -2.23. The zero-order valence-corrected chi connectivity index (χ0v) is 18.0. The highest BCUT2D eigenvalue weighted by molar-refractivity contribution is 6.15. The Kier molecular flexibility index (Phi) is 5.80. The number of rotatable bonds is 3. The van der Waals surface area contributed by atoms with E-state index in [0.717, 1.165) is 42.9 Å². The molecule has 1 aliphatic rings. The summed E-state index contributed by atoms with van der Waals surface area (Å²) in [5.41, 5.74) is 4.27. The van der Waals surface area contributed by atoms with Gasteiger partial charge in [-0.05, 0) is 62.7 Å². The number of piperidine rings is 1. The second-order valence-electron chi connectivity index (χ2n) is 7.87. The molecule has 1 fully saturated rings. The van der Waals surface area contributed by atoms with E-state index in [1.165, 1.54) is 0 Å². The van der Waals surface area contributed by atoms with Crippen molar-refractivity contribution >= 4 is 40.6 Å². The molecule has 3 N–H and O–H groups in total. The lowest BCUT2D eigenvalue weighted by molar-refractivity contribution is 0.102. The van der Waals surface area contributed by atoms with E-state index in [1.54, 1.807) is 12.1 Å². The van der Waals surface area contributed by atoms with E-state index in [2.05, 4.69) is 15.6 Å². The molecule has 8 heteroatoms. The Labute approximate surface area is 185 Å². The second-order valence-corrected chi connectivity index (χ2v) is 7.87. The average Bonchev–Trinajstić information content (AvgIpc) is 3.12. The van der Waals surface area contributed by atoms with Crippen molar-refractivity contribution in [2.75, 3.05) is 18.4 Å². The van der Waals surface area contributed by atoms with E-state index < -0.39 is 0 Å². The summed E-state index contributed by atoms with van der Waals surface area (Å²) in [6, 6.07) is 14.8. The van der Waals surface area contributed by atoms with Gasteiger partial charge in [-0.1, -0.05) is 18.2 Å². The number of anilines is 1. The number of carbonyl (C=O) groups is 1. The van der Waals surface area contributed by atoms with E-state index in [9.17, 15) is 9.59 Å². The van der Waals surface area contributed by atoms with Gasteiger partial charge >= 0.3 is 0 Å². The van der Waals surface area contributed by atoms with Gasteiger partial charge in [0.15, 0.2) is 0 Å². The van der Waals surface area contributed by atoms with Crippen LogP contribution in [0.25, 0.3) is 16.6 Å².